The number of aryl methyl sites for hydroxylation is 3. The van der Waals surface area contributed by atoms with Crippen molar-refractivity contribution in [3.8, 4) is 5.75 Å². The molecule has 0 atom stereocenters. The van der Waals surface area contributed by atoms with Gasteiger partial charge in [-0.15, -0.1) is 0 Å². The molecule has 0 bridgehead atoms. The molecule has 122 valence electrons. The van der Waals surface area contributed by atoms with E-state index in [1.807, 2.05) is 31.2 Å². The lowest BCUT2D eigenvalue weighted by Crippen LogP contribution is -2.12. The van der Waals surface area contributed by atoms with Crippen LogP contribution in [0.3, 0.4) is 0 Å². The Morgan fingerprint density at radius 2 is 1.78 bits per heavy atom. The molecule has 0 saturated carbocycles. The van der Waals surface area contributed by atoms with Crippen LogP contribution in [0.4, 0.5) is 5.69 Å². The molecule has 1 N–H and O–H groups in total. The number of para-hydroxylation sites is 1. The smallest absolute Gasteiger partial charge is 0.224 e. The minimum Gasteiger partial charge on any atom is -0.489 e. The van der Waals surface area contributed by atoms with E-state index in [2.05, 4.69) is 38.2 Å². The SMILES string of the molecule is CCC(=O)Nc1ccccc1COc1cc(C)c(CC)cc1C. The van der Waals surface area contributed by atoms with Gasteiger partial charge in [-0.25, -0.2) is 0 Å². The molecule has 0 heterocycles. The summed E-state index contributed by atoms with van der Waals surface area (Å²) in [6, 6.07) is 12.0. The Hall–Kier alpha value is -2.29. The number of ether oxygens (including phenoxy) is 1. The molecule has 0 aliphatic rings. The van der Waals surface area contributed by atoms with Gasteiger partial charge in [0, 0.05) is 17.7 Å². The van der Waals surface area contributed by atoms with Gasteiger partial charge in [0.2, 0.25) is 5.91 Å². The Kier molecular flexibility index (Phi) is 5.80. The lowest BCUT2D eigenvalue weighted by Gasteiger charge is -2.15. The maximum absolute atomic E-state index is 11.6. The molecule has 2 rings (SSSR count). The minimum atomic E-state index is 0.0109. The van der Waals surface area contributed by atoms with Crippen LogP contribution in [0.2, 0.25) is 0 Å². The van der Waals surface area contributed by atoms with Crippen molar-refractivity contribution in [2.45, 2.75) is 47.1 Å². The van der Waals surface area contributed by atoms with E-state index in [9.17, 15) is 4.79 Å². The van der Waals surface area contributed by atoms with E-state index in [0.29, 0.717) is 13.0 Å². The van der Waals surface area contributed by atoms with Crippen molar-refractivity contribution >= 4 is 11.6 Å². The van der Waals surface area contributed by atoms with Crippen molar-refractivity contribution in [1.82, 2.24) is 0 Å². The average molecular weight is 311 g/mol. The first-order valence-electron chi connectivity index (χ1n) is 8.15. The summed E-state index contributed by atoms with van der Waals surface area (Å²) in [5.41, 5.74) is 5.54. The summed E-state index contributed by atoms with van der Waals surface area (Å²) < 4.78 is 6.01. The summed E-state index contributed by atoms with van der Waals surface area (Å²) in [6.45, 7) is 8.62. The van der Waals surface area contributed by atoms with Gasteiger partial charge in [-0.05, 0) is 49.1 Å². The van der Waals surface area contributed by atoms with Gasteiger partial charge >= 0.3 is 0 Å². The molecule has 0 aliphatic heterocycles. The highest BCUT2D eigenvalue weighted by Gasteiger charge is 2.08. The Morgan fingerprint density at radius 1 is 1.04 bits per heavy atom. The highest BCUT2D eigenvalue weighted by Crippen LogP contribution is 2.25. The molecule has 0 fully saturated rings. The Bertz CT molecular complexity index is 692. The van der Waals surface area contributed by atoms with Crippen molar-refractivity contribution in [3.63, 3.8) is 0 Å². The zero-order valence-electron chi connectivity index (χ0n) is 14.4. The fraction of sp³-hybridized carbons (Fsp3) is 0.350. The molecule has 0 aromatic heterocycles. The molecule has 0 radical (unpaired) electrons. The molecule has 0 saturated heterocycles. The van der Waals surface area contributed by atoms with Crippen LogP contribution < -0.4 is 10.1 Å². The number of anilines is 1. The molecule has 2 aromatic carbocycles. The number of hydrogen-bond donors (Lipinski definition) is 1. The predicted octanol–water partition coefficient (Wildman–Crippen LogP) is 4.79. The van der Waals surface area contributed by atoms with Gasteiger partial charge in [-0.3, -0.25) is 4.79 Å². The number of nitrogens with one attached hydrogen (secondary N) is 1. The molecule has 3 nitrogen and oxygen atoms in total. The van der Waals surface area contributed by atoms with E-state index in [-0.39, 0.29) is 5.91 Å². The second-order valence-electron chi connectivity index (χ2n) is 5.75. The third-order valence-corrected chi connectivity index (χ3v) is 4.01. The van der Waals surface area contributed by atoms with Crippen molar-refractivity contribution in [2.75, 3.05) is 5.32 Å². The molecule has 0 unspecified atom stereocenters. The first-order valence-corrected chi connectivity index (χ1v) is 8.15. The number of hydrogen-bond acceptors (Lipinski definition) is 2. The molecular formula is C20H25NO2. The number of rotatable bonds is 6. The molecule has 23 heavy (non-hydrogen) atoms. The monoisotopic (exact) mass is 311 g/mol. The zero-order valence-corrected chi connectivity index (χ0v) is 14.4. The van der Waals surface area contributed by atoms with Crippen molar-refractivity contribution < 1.29 is 9.53 Å². The normalized spacial score (nSPS) is 10.4. The van der Waals surface area contributed by atoms with Crippen molar-refractivity contribution in [2.24, 2.45) is 0 Å². The Labute approximate surface area is 138 Å². The molecule has 0 spiro atoms. The molecule has 0 aliphatic carbocycles. The van der Waals surface area contributed by atoms with Crippen LogP contribution in [0.5, 0.6) is 5.75 Å². The van der Waals surface area contributed by atoms with Gasteiger partial charge in [0.15, 0.2) is 0 Å². The standard InChI is InChI=1S/C20H25NO2/c1-5-16-11-15(4)19(12-14(16)3)23-13-17-9-7-8-10-18(17)21-20(22)6-2/h7-12H,5-6,13H2,1-4H3,(H,21,22). The summed E-state index contributed by atoms with van der Waals surface area (Å²) in [5, 5.41) is 2.92. The Morgan fingerprint density at radius 3 is 2.48 bits per heavy atom. The van der Waals surface area contributed by atoms with Crippen LogP contribution in [-0.4, -0.2) is 5.91 Å². The highest BCUT2D eigenvalue weighted by atomic mass is 16.5. The average Bonchev–Trinajstić information content (AvgIpc) is 2.56. The fourth-order valence-corrected chi connectivity index (χ4v) is 2.55. The van der Waals surface area contributed by atoms with Crippen LogP contribution in [0.25, 0.3) is 0 Å². The Balaban J connectivity index is 2.15. The fourth-order valence-electron chi connectivity index (χ4n) is 2.55. The first-order chi connectivity index (χ1) is 11.0. The van der Waals surface area contributed by atoms with Crippen LogP contribution in [0.15, 0.2) is 36.4 Å². The molecule has 1 amide bonds. The summed E-state index contributed by atoms with van der Waals surface area (Å²) in [7, 11) is 0. The van der Waals surface area contributed by atoms with Crippen LogP contribution in [0.1, 0.15) is 42.5 Å². The van der Waals surface area contributed by atoms with Gasteiger partial charge in [0.1, 0.15) is 12.4 Å². The number of carbonyl (C=O) groups is 1. The largest absolute Gasteiger partial charge is 0.489 e. The van der Waals surface area contributed by atoms with Gasteiger partial charge < -0.3 is 10.1 Å². The lowest BCUT2D eigenvalue weighted by molar-refractivity contribution is -0.115. The van der Waals surface area contributed by atoms with Crippen LogP contribution >= 0.6 is 0 Å². The number of carbonyl (C=O) groups excluding carboxylic acids is 1. The van der Waals surface area contributed by atoms with E-state index in [1.165, 1.54) is 11.1 Å². The minimum absolute atomic E-state index is 0.0109. The second-order valence-corrected chi connectivity index (χ2v) is 5.75. The highest BCUT2D eigenvalue weighted by molar-refractivity contribution is 5.91. The van der Waals surface area contributed by atoms with Crippen LogP contribution in [-0.2, 0) is 17.8 Å². The number of amides is 1. The van der Waals surface area contributed by atoms with Gasteiger partial charge in [0.05, 0.1) is 0 Å². The number of benzene rings is 2. The predicted molar refractivity (Wildman–Crippen MR) is 95.0 cm³/mol. The quantitative estimate of drug-likeness (QED) is 0.832. The summed E-state index contributed by atoms with van der Waals surface area (Å²) in [4.78, 5) is 11.6. The van der Waals surface area contributed by atoms with Crippen molar-refractivity contribution in [1.29, 1.82) is 0 Å². The summed E-state index contributed by atoms with van der Waals surface area (Å²) in [5.74, 6) is 0.910. The second kappa shape index (κ2) is 7.82. The lowest BCUT2D eigenvalue weighted by atomic mass is 10.0. The van der Waals surface area contributed by atoms with E-state index < -0.39 is 0 Å². The first kappa shape index (κ1) is 17.1. The maximum Gasteiger partial charge on any atom is 0.224 e. The van der Waals surface area contributed by atoms with Crippen LogP contribution in [0, 0.1) is 13.8 Å². The zero-order chi connectivity index (χ0) is 16.8. The molecule has 2 aromatic rings. The topological polar surface area (TPSA) is 38.3 Å². The van der Waals surface area contributed by atoms with E-state index in [1.54, 1.807) is 0 Å². The van der Waals surface area contributed by atoms with E-state index in [4.69, 9.17) is 4.74 Å². The summed E-state index contributed by atoms with van der Waals surface area (Å²) >= 11 is 0. The molecular weight excluding hydrogens is 286 g/mol. The van der Waals surface area contributed by atoms with Gasteiger partial charge in [-0.2, -0.15) is 0 Å². The van der Waals surface area contributed by atoms with Gasteiger partial charge in [-0.1, -0.05) is 38.1 Å². The molecule has 3 heteroatoms. The van der Waals surface area contributed by atoms with Gasteiger partial charge in [0.25, 0.3) is 0 Å². The third kappa shape index (κ3) is 4.35. The summed E-state index contributed by atoms with van der Waals surface area (Å²) in [6.07, 6.45) is 1.49. The maximum atomic E-state index is 11.6. The van der Waals surface area contributed by atoms with E-state index in [0.717, 1.165) is 29.0 Å². The van der Waals surface area contributed by atoms with E-state index >= 15 is 0 Å². The van der Waals surface area contributed by atoms with Crippen molar-refractivity contribution in [3.05, 3.63) is 58.7 Å². The third-order valence-electron chi connectivity index (χ3n) is 4.01.